The summed E-state index contributed by atoms with van der Waals surface area (Å²) in [7, 11) is 0. The molecule has 1 rings (SSSR count). The van der Waals surface area contributed by atoms with E-state index in [-0.39, 0.29) is 12.3 Å². The second kappa shape index (κ2) is 5.55. The molecule has 0 aliphatic carbocycles. The van der Waals surface area contributed by atoms with E-state index in [1.54, 1.807) is 0 Å². The van der Waals surface area contributed by atoms with Crippen LogP contribution in [0, 0.1) is 11.3 Å². The van der Waals surface area contributed by atoms with Gasteiger partial charge < -0.3 is 10.2 Å². The average Bonchev–Trinajstić information content (AvgIpc) is 2.57. The van der Waals surface area contributed by atoms with Gasteiger partial charge in [0, 0.05) is 13.1 Å². The number of rotatable bonds is 4. The highest BCUT2D eigenvalue weighted by atomic mass is 16.1. The highest BCUT2D eigenvalue weighted by molar-refractivity contribution is 5.77. The van der Waals surface area contributed by atoms with Crippen molar-refractivity contribution in [2.24, 2.45) is 0 Å². The van der Waals surface area contributed by atoms with Crippen LogP contribution in [0.2, 0.25) is 0 Å². The fourth-order valence-electron chi connectivity index (χ4n) is 1.49. The minimum absolute atomic E-state index is 0.0278. The maximum absolute atomic E-state index is 10.9. The van der Waals surface area contributed by atoms with Crippen LogP contribution in [-0.2, 0) is 4.79 Å². The molecule has 0 atom stereocenters. The Labute approximate surface area is 78.5 Å². The van der Waals surface area contributed by atoms with E-state index in [1.165, 1.54) is 12.8 Å². The molecule has 1 saturated heterocycles. The third-order valence-electron chi connectivity index (χ3n) is 2.19. The Bertz CT molecular complexity index is 203. The SMILES string of the molecule is N#CCC(=O)NCCN1CCCC1. The van der Waals surface area contributed by atoms with Gasteiger partial charge in [-0.15, -0.1) is 0 Å². The van der Waals surface area contributed by atoms with E-state index in [4.69, 9.17) is 5.26 Å². The Balaban J connectivity index is 2.00. The zero-order valence-electron chi connectivity index (χ0n) is 7.75. The molecule has 0 aromatic carbocycles. The first-order valence-corrected chi connectivity index (χ1v) is 4.69. The summed E-state index contributed by atoms with van der Waals surface area (Å²) in [5, 5.41) is 10.9. The largest absolute Gasteiger partial charge is 0.354 e. The second-order valence-electron chi connectivity index (χ2n) is 3.23. The quantitative estimate of drug-likeness (QED) is 0.669. The molecule has 4 nitrogen and oxygen atoms in total. The second-order valence-corrected chi connectivity index (χ2v) is 3.23. The number of hydrogen-bond acceptors (Lipinski definition) is 3. The molecular formula is C9H15N3O. The number of hydrogen-bond donors (Lipinski definition) is 1. The lowest BCUT2D eigenvalue weighted by atomic mass is 10.4. The van der Waals surface area contributed by atoms with Crippen LogP contribution in [0.15, 0.2) is 0 Å². The Morgan fingerprint density at radius 2 is 2.15 bits per heavy atom. The fourth-order valence-corrected chi connectivity index (χ4v) is 1.49. The highest BCUT2D eigenvalue weighted by Gasteiger charge is 2.10. The number of amides is 1. The van der Waals surface area contributed by atoms with E-state index in [1.807, 2.05) is 6.07 Å². The van der Waals surface area contributed by atoms with Crippen molar-refractivity contribution in [2.75, 3.05) is 26.2 Å². The summed E-state index contributed by atoms with van der Waals surface area (Å²) in [6.45, 7) is 3.87. The molecule has 1 amide bonds. The number of carbonyl (C=O) groups excluding carboxylic acids is 1. The van der Waals surface area contributed by atoms with Crippen LogP contribution in [0.4, 0.5) is 0 Å². The predicted molar refractivity (Wildman–Crippen MR) is 48.9 cm³/mol. The summed E-state index contributed by atoms with van der Waals surface area (Å²) in [6, 6.07) is 1.82. The summed E-state index contributed by atoms with van der Waals surface area (Å²) in [5.74, 6) is -0.165. The molecule has 0 aromatic heterocycles. The third-order valence-corrected chi connectivity index (χ3v) is 2.19. The van der Waals surface area contributed by atoms with Gasteiger partial charge in [0.1, 0.15) is 6.42 Å². The summed E-state index contributed by atoms with van der Waals surface area (Å²) >= 11 is 0. The van der Waals surface area contributed by atoms with Gasteiger partial charge in [-0.1, -0.05) is 0 Å². The van der Waals surface area contributed by atoms with Crippen molar-refractivity contribution in [1.29, 1.82) is 5.26 Å². The molecule has 1 N–H and O–H groups in total. The molecular weight excluding hydrogens is 166 g/mol. The Hall–Kier alpha value is -1.08. The van der Waals surface area contributed by atoms with Crippen LogP contribution < -0.4 is 5.32 Å². The molecule has 1 heterocycles. The molecule has 1 aliphatic heterocycles. The van der Waals surface area contributed by atoms with Gasteiger partial charge in [0.25, 0.3) is 0 Å². The van der Waals surface area contributed by atoms with Crippen molar-refractivity contribution in [3.8, 4) is 6.07 Å². The van der Waals surface area contributed by atoms with Crippen molar-refractivity contribution in [3.63, 3.8) is 0 Å². The number of likely N-dealkylation sites (tertiary alicyclic amines) is 1. The minimum atomic E-state index is -0.165. The van der Waals surface area contributed by atoms with Crippen LogP contribution in [0.25, 0.3) is 0 Å². The van der Waals surface area contributed by atoms with E-state index >= 15 is 0 Å². The van der Waals surface area contributed by atoms with E-state index < -0.39 is 0 Å². The lowest BCUT2D eigenvalue weighted by Crippen LogP contribution is -2.33. The first-order chi connectivity index (χ1) is 6.33. The summed E-state index contributed by atoms with van der Waals surface area (Å²) in [6.07, 6.45) is 2.51. The zero-order valence-corrected chi connectivity index (χ0v) is 7.75. The number of nitrogens with one attached hydrogen (secondary N) is 1. The van der Waals surface area contributed by atoms with Gasteiger partial charge in [0.2, 0.25) is 5.91 Å². The Morgan fingerprint density at radius 1 is 1.46 bits per heavy atom. The molecule has 1 fully saturated rings. The van der Waals surface area contributed by atoms with Crippen LogP contribution in [0.3, 0.4) is 0 Å². The fraction of sp³-hybridized carbons (Fsp3) is 0.778. The minimum Gasteiger partial charge on any atom is -0.354 e. The van der Waals surface area contributed by atoms with Crippen LogP contribution >= 0.6 is 0 Å². The first-order valence-electron chi connectivity index (χ1n) is 4.69. The summed E-state index contributed by atoms with van der Waals surface area (Å²) < 4.78 is 0. The lowest BCUT2D eigenvalue weighted by Gasteiger charge is -2.13. The predicted octanol–water partition coefficient (Wildman–Crippen LogP) is 0.112. The molecule has 0 aromatic rings. The van der Waals surface area contributed by atoms with Gasteiger partial charge in [-0.3, -0.25) is 4.79 Å². The van der Waals surface area contributed by atoms with Crippen molar-refractivity contribution < 1.29 is 4.79 Å². The summed E-state index contributed by atoms with van der Waals surface area (Å²) in [5.41, 5.74) is 0. The van der Waals surface area contributed by atoms with Crippen molar-refractivity contribution in [2.45, 2.75) is 19.3 Å². The molecule has 4 heteroatoms. The average molecular weight is 181 g/mol. The third kappa shape index (κ3) is 3.90. The van der Waals surface area contributed by atoms with E-state index in [2.05, 4.69) is 10.2 Å². The van der Waals surface area contributed by atoms with Gasteiger partial charge >= 0.3 is 0 Å². The Kier molecular flexibility index (Phi) is 4.27. The van der Waals surface area contributed by atoms with E-state index in [9.17, 15) is 4.79 Å². The van der Waals surface area contributed by atoms with Gasteiger partial charge in [-0.05, 0) is 25.9 Å². The standard InChI is InChI=1S/C9H15N3O/c10-4-3-9(13)11-5-8-12-6-1-2-7-12/h1-3,5-8H2,(H,11,13). The number of nitriles is 1. The Morgan fingerprint density at radius 3 is 2.77 bits per heavy atom. The van der Waals surface area contributed by atoms with Crippen molar-refractivity contribution in [1.82, 2.24) is 10.2 Å². The summed E-state index contributed by atoms with van der Waals surface area (Å²) in [4.78, 5) is 13.2. The van der Waals surface area contributed by atoms with Crippen LogP contribution in [-0.4, -0.2) is 37.0 Å². The van der Waals surface area contributed by atoms with E-state index in [0.717, 1.165) is 19.6 Å². The highest BCUT2D eigenvalue weighted by Crippen LogP contribution is 2.05. The molecule has 0 saturated carbocycles. The van der Waals surface area contributed by atoms with Gasteiger partial charge in [0.05, 0.1) is 6.07 Å². The van der Waals surface area contributed by atoms with Crippen molar-refractivity contribution in [3.05, 3.63) is 0 Å². The molecule has 13 heavy (non-hydrogen) atoms. The smallest absolute Gasteiger partial charge is 0.234 e. The zero-order chi connectivity index (χ0) is 9.52. The maximum Gasteiger partial charge on any atom is 0.234 e. The molecule has 0 unspecified atom stereocenters. The number of nitrogens with zero attached hydrogens (tertiary/aromatic N) is 2. The molecule has 72 valence electrons. The maximum atomic E-state index is 10.9. The molecule has 1 aliphatic rings. The van der Waals surface area contributed by atoms with E-state index in [0.29, 0.717) is 6.54 Å². The molecule has 0 radical (unpaired) electrons. The van der Waals surface area contributed by atoms with Gasteiger partial charge in [-0.25, -0.2) is 0 Å². The molecule has 0 spiro atoms. The van der Waals surface area contributed by atoms with Gasteiger partial charge in [-0.2, -0.15) is 5.26 Å². The van der Waals surface area contributed by atoms with Crippen LogP contribution in [0.1, 0.15) is 19.3 Å². The van der Waals surface area contributed by atoms with Gasteiger partial charge in [0.15, 0.2) is 0 Å². The monoisotopic (exact) mass is 181 g/mol. The first kappa shape index (κ1) is 10.0. The number of carbonyl (C=O) groups is 1. The normalized spacial score (nSPS) is 16.8. The molecule has 0 bridgehead atoms. The van der Waals surface area contributed by atoms with Crippen LogP contribution in [0.5, 0.6) is 0 Å². The topological polar surface area (TPSA) is 56.1 Å². The lowest BCUT2D eigenvalue weighted by molar-refractivity contribution is -0.120. The van der Waals surface area contributed by atoms with Crippen molar-refractivity contribution >= 4 is 5.91 Å².